The molecule has 0 atom stereocenters. The van der Waals surface area contributed by atoms with E-state index in [0.29, 0.717) is 5.75 Å². The summed E-state index contributed by atoms with van der Waals surface area (Å²) in [6.45, 7) is 0. The van der Waals surface area contributed by atoms with Crippen LogP contribution in [-0.2, 0) is 0 Å². The van der Waals surface area contributed by atoms with Gasteiger partial charge in [-0.3, -0.25) is 0 Å². The molecule has 2 rings (SSSR count). The quantitative estimate of drug-likeness (QED) is 0.812. The average molecular weight is 242 g/mol. The number of aromatic hydroxyl groups is 2. The van der Waals surface area contributed by atoms with E-state index in [1.807, 2.05) is 24.3 Å². The van der Waals surface area contributed by atoms with Crippen molar-refractivity contribution in [2.24, 2.45) is 0 Å². The predicted octanol–water partition coefficient (Wildman–Crippen LogP) is 3.28. The van der Waals surface area contributed by atoms with Gasteiger partial charge < -0.3 is 14.9 Å². The summed E-state index contributed by atoms with van der Waals surface area (Å²) in [5.41, 5.74) is 1.56. The van der Waals surface area contributed by atoms with Crippen LogP contribution in [0.3, 0.4) is 0 Å². The predicted molar refractivity (Wildman–Crippen MR) is 71.7 cm³/mol. The van der Waals surface area contributed by atoms with Gasteiger partial charge in [0, 0.05) is 5.56 Å². The van der Waals surface area contributed by atoms with Crippen molar-refractivity contribution in [3.8, 4) is 17.2 Å². The zero-order chi connectivity index (χ0) is 13.0. The topological polar surface area (TPSA) is 49.7 Å². The van der Waals surface area contributed by atoms with E-state index >= 15 is 0 Å². The SMILES string of the molecule is COc1ccc(C=Cc2ccccc2O)cc1O. The van der Waals surface area contributed by atoms with Crippen molar-refractivity contribution in [1.82, 2.24) is 0 Å². The Balaban J connectivity index is 2.24. The summed E-state index contributed by atoms with van der Waals surface area (Å²) in [5.74, 6) is 0.762. The van der Waals surface area contributed by atoms with Crippen molar-refractivity contribution in [3.05, 3.63) is 53.6 Å². The van der Waals surface area contributed by atoms with Crippen molar-refractivity contribution >= 4 is 12.2 Å². The van der Waals surface area contributed by atoms with E-state index in [-0.39, 0.29) is 11.5 Å². The van der Waals surface area contributed by atoms with Crippen LogP contribution in [0.4, 0.5) is 0 Å². The van der Waals surface area contributed by atoms with Crippen LogP contribution in [0, 0.1) is 0 Å². The molecule has 0 bridgehead atoms. The van der Waals surface area contributed by atoms with E-state index in [9.17, 15) is 10.2 Å². The van der Waals surface area contributed by atoms with Gasteiger partial charge in [0.05, 0.1) is 7.11 Å². The van der Waals surface area contributed by atoms with Crippen LogP contribution in [-0.4, -0.2) is 17.3 Å². The summed E-state index contributed by atoms with van der Waals surface area (Å²) >= 11 is 0. The first kappa shape index (κ1) is 12.0. The van der Waals surface area contributed by atoms with Crippen LogP contribution >= 0.6 is 0 Å². The van der Waals surface area contributed by atoms with Crippen LogP contribution in [0.25, 0.3) is 12.2 Å². The number of methoxy groups -OCH3 is 1. The van der Waals surface area contributed by atoms with Crippen LogP contribution in [0.5, 0.6) is 17.2 Å². The molecule has 92 valence electrons. The molecule has 0 aromatic heterocycles. The molecule has 0 saturated carbocycles. The molecule has 3 nitrogen and oxygen atoms in total. The normalized spacial score (nSPS) is 10.7. The van der Waals surface area contributed by atoms with E-state index < -0.39 is 0 Å². The fraction of sp³-hybridized carbons (Fsp3) is 0.0667. The Bertz CT molecular complexity index is 574. The second-order valence-corrected chi connectivity index (χ2v) is 3.82. The fourth-order valence-corrected chi connectivity index (χ4v) is 1.63. The maximum atomic E-state index is 9.63. The van der Waals surface area contributed by atoms with Gasteiger partial charge in [-0.2, -0.15) is 0 Å². The van der Waals surface area contributed by atoms with E-state index in [2.05, 4.69) is 0 Å². The summed E-state index contributed by atoms with van der Waals surface area (Å²) in [6, 6.07) is 12.2. The number of ether oxygens (including phenoxy) is 1. The molecule has 0 amide bonds. The minimum Gasteiger partial charge on any atom is -0.507 e. The first-order valence-corrected chi connectivity index (χ1v) is 5.54. The van der Waals surface area contributed by atoms with Gasteiger partial charge in [0.25, 0.3) is 0 Å². The zero-order valence-electron chi connectivity index (χ0n) is 10.00. The maximum Gasteiger partial charge on any atom is 0.160 e. The Hall–Kier alpha value is -2.42. The highest BCUT2D eigenvalue weighted by atomic mass is 16.5. The van der Waals surface area contributed by atoms with Gasteiger partial charge in [-0.05, 0) is 23.8 Å². The van der Waals surface area contributed by atoms with Crippen molar-refractivity contribution in [3.63, 3.8) is 0 Å². The highest BCUT2D eigenvalue weighted by molar-refractivity contribution is 5.73. The molecule has 0 fully saturated rings. The first-order chi connectivity index (χ1) is 8.70. The van der Waals surface area contributed by atoms with Gasteiger partial charge in [-0.15, -0.1) is 0 Å². The highest BCUT2D eigenvalue weighted by Gasteiger charge is 2.00. The van der Waals surface area contributed by atoms with Gasteiger partial charge in [0.1, 0.15) is 5.75 Å². The zero-order valence-corrected chi connectivity index (χ0v) is 10.00. The third-order valence-electron chi connectivity index (χ3n) is 2.60. The molecule has 2 aromatic rings. The molecule has 0 saturated heterocycles. The molecule has 2 N–H and O–H groups in total. The van der Waals surface area contributed by atoms with Crippen molar-refractivity contribution in [2.75, 3.05) is 7.11 Å². The van der Waals surface area contributed by atoms with E-state index in [0.717, 1.165) is 11.1 Å². The number of phenolic OH excluding ortho intramolecular Hbond substituents is 2. The summed E-state index contributed by atoms with van der Waals surface area (Å²) < 4.78 is 4.97. The lowest BCUT2D eigenvalue weighted by molar-refractivity contribution is 0.373. The number of para-hydroxylation sites is 1. The van der Waals surface area contributed by atoms with Crippen LogP contribution in [0.1, 0.15) is 11.1 Å². The molecule has 0 aliphatic rings. The first-order valence-electron chi connectivity index (χ1n) is 5.54. The summed E-state index contributed by atoms with van der Waals surface area (Å²) in [5, 5.41) is 19.2. The molecule has 0 radical (unpaired) electrons. The molecule has 18 heavy (non-hydrogen) atoms. The Morgan fingerprint density at radius 1 is 0.944 bits per heavy atom. The third-order valence-corrected chi connectivity index (χ3v) is 2.60. The largest absolute Gasteiger partial charge is 0.507 e. The Kier molecular flexibility index (Phi) is 3.53. The molecular formula is C15H14O3. The monoisotopic (exact) mass is 242 g/mol. The van der Waals surface area contributed by atoms with Gasteiger partial charge in [-0.25, -0.2) is 0 Å². The molecule has 0 unspecified atom stereocenters. The summed E-state index contributed by atoms with van der Waals surface area (Å²) in [4.78, 5) is 0. The minimum atomic E-state index is 0.0944. The third kappa shape index (κ3) is 2.63. The Morgan fingerprint density at radius 3 is 2.39 bits per heavy atom. The molecule has 0 aliphatic heterocycles. The van der Waals surface area contributed by atoms with Crippen LogP contribution < -0.4 is 4.74 Å². The van der Waals surface area contributed by atoms with Gasteiger partial charge in [-0.1, -0.05) is 36.4 Å². The van der Waals surface area contributed by atoms with E-state index in [1.54, 1.807) is 30.3 Å². The van der Waals surface area contributed by atoms with Crippen molar-refractivity contribution in [1.29, 1.82) is 0 Å². The average Bonchev–Trinajstić information content (AvgIpc) is 2.38. The summed E-state index contributed by atoms with van der Waals surface area (Å²) in [7, 11) is 1.51. The van der Waals surface area contributed by atoms with Crippen molar-refractivity contribution in [2.45, 2.75) is 0 Å². The second kappa shape index (κ2) is 5.27. The van der Waals surface area contributed by atoms with Gasteiger partial charge >= 0.3 is 0 Å². The highest BCUT2D eigenvalue weighted by Crippen LogP contribution is 2.27. The second-order valence-electron chi connectivity index (χ2n) is 3.82. The fourth-order valence-electron chi connectivity index (χ4n) is 1.63. The van der Waals surface area contributed by atoms with Crippen LogP contribution in [0.15, 0.2) is 42.5 Å². The number of benzene rings is 2. The van der Waals surface area contributed by atoms with E-state index in [1.165, 1.54) is 7.11 Å². The lowest BCUT2D eigenvalue weighted by Gasteiger charge is -2.03. The molecule has 2 aromatic carbocycles. The van der Waals surface area contributed by atoms with Crippen molar-refractivity contribution < 1.29 is 14.9 Å². The number of hydrogen-bond donors (Lipinski definition) is 2. The molecule has 0 heterocycles. The smallest absolute Gasteiger partial charge is 0.160 e. The lowest BCUT2D eigenvalue weighted by atomic mass is 10.1. The maximum absolute atomic E-state index is 9.63. The van der Waals surface area contributed by atoms with E-state index in [4.69, 9.17) is 4.74 Å². The summed E-state index contributed by atoms with van der Waals surface area (Å²) in [6.07, 6.45) is 3.60. The number of phenols is 2. The number of rotatable bonds is 3. The van der Waals surface area contributed by atoms with Gasteiger partial charge in [0.2, 0.25) is 0 Å². The molecule has 0 aliphatic carbocycles. The van der Waals surface area contributed by atoms with Gasteiger partial charge in [0.15, 0.2) is 11.5 Å². The number of hydrogen-bond acceptors (Lipinski definition) is 3. The Morgan fingerprint density at radius 2 is 1.72 bits per heavy atom. The molecule has 3 heteroatoms. The minimum absolute atomic E-state index is 0.0944. The lowest BCUT2D eigenvalue weighted by Crippen LogP contribution is -1.83. The molecular weight excluding hydrogens is 228 g/mol. The standard InChI is InChI=1S/C15H14O3/c1-18-15-9-7-11(10-14(15)17)6-8-12-4-2-3-5-13(12)16/h2-10,16-17H,1H3. The van der Waals surface area contributed by atoms with Crippen LogP contribution in [0.2, 0.25) is 0 Å². The molecule has 0 spiro atoms. The Labute approximate surface area is 106 Å².